The summed E-state index contributed by atoms with van der Waals surface area (Å²) in [4.78, 5) is 47.6. The summed E-state index contributed by atoms with van der Waals surface area (Å²) < 4.78 is 4.96. The third kappa shape index (κ3) is 4.75. The monoisotopic (exact) mass is 349 g/mol. The molecule has 1 aliphatic rings. The van der Waals surface area contributed by atoms with Crippen molar-refractivity contribution in [1.82, 2.24) is 4.90 Å². The molecule has 0 aliphatic carbocycles. The van der Waals surface area contributed by atoms with Crippen molar-refractivity contribution in [1.29, 1.82) is 0 Å². The Hall–Kier alpha value is -2.97. The molecule has 0 spiro atoms. The molecule has 134 valence electrons. The first kappa shape index (κ1) is 18.4. The number of rotatable bonds is 4. The molecule has 1 aromatic rings. The number of hydrogen-bond donors (Lipinski definition) is 1. The Morgan fingerprint density at radius 2 is 2.16 bits per heavy atom. The van der Waals surface area contributed by atoms with Crippen LogP contribution in [-0.4, -0.2) is 47.3 Å². The minimum Gasteiger partial charge on any atom is -0.466 e. The highest BCUT2D eigenvalue weighted by molar-refractivity contribution is 6.39. The van der Waals surface area contributed by atoms with Gasteiger partial charge in [0.25, 0.3) is 5.69 Å². The van der Waals surface area contributed by atoms with Gasteiger partial charge in [0.05, 0.1) is 17.4 Å². The third-order valence-electron chi connectivity index (χ3n) is 3.84. The molecule has 1 aromatic carbocycles. The molecule has 1 atom stereocenters. The van der Waals surface area contributed by atoms with Crippen LogP contribution in [0.5, 0.6) is 0 Å². The average Bonchev–Trinajstić information content (AvgIpc) is 2.61. The molecule has 25 heavy (non-hydrogen) atoms. The van der Waals surface area contributed by atoms with E-state index in [-0.39, 0.29) is 30.5 Å². The second-order valence-corrected chi connectivity index (χ2v) is 5.60. The number of esters is 1. The second-order valence-electron chi connectivity index (χ2n) is 5.60. The number of nitrogens with zero attached hydrogens (tertiary/aromatic N) is 2. The molecule has 0 bridgehead atoms. The number of anilines is 1. The van der Waals surface area contributed by atoms with Gasteiger partial charge in [-0.15, -0.1) is 0 Å². The van der Waals surface area contributed by atoms with E-state index in [0.717, 1.165) is 0 Å². The number of nitro benzene ring substituents is 1. The maximum absolute atomic E-state index is 12.3. The zero-order valence-corrected chi connectivity index (χ0v) is 13.8. The molecule has 1 unspecified atom stereocenters. The molecule has 9 heteroatoms. The molecular weight excluding hydrogens is 330 g/mol. The summed E-state index contributed by atoms with van der Waals surface area (Å²) in [6.07, 6.45) is 1.20. The maximum atomic E-state index is 12.3. The van der Waals surface area contributed by atoms with E-state index in [1.54, 1.807) is 6.92 Å². The summed E-state index contributed by atoms with van der Waals surface area (Å²) in [6, 6.07) is 5.32. The highest BCUT2D eigenvalue weighted by atomic mass is 16.6. The van der Waals surface area contributed by atoms with Crippen LogP contribution in [0.15, 0.2) is 24.3 Å². The Balaban J connectivity index is 1.99. The van der Waals surface area contributed by atoms with E-state index in [0.29, 0.717) is 19.4 Å². The Morgan fingerprint density at radius 1 is 1.40 bits per heavy atom. The minimum absolute atomic E-state index is 0.125. The lowest BCUT2D eigenvalue weighted by Gasteiger charge is -2.30. The van der Waals surface area contributed by atoms with Crippen LogP contribution < -0.4 is 5.32 Å². The van der Waals surface area contributed by atoms with E-state index >= 15 is 0 Å². The van der Waals surface area contributed by atoms with Crippen LogP contribution in [0.25, 0.3) is 0 Å². The lowest BCUT2D eigenvalue weighted by Crippen LogP contribution is -2.47. The first-order valence-corrected chi connectivity index (χ1v) is 7.93. The van der Waals surface area contributed by atoms with Crippen molar-refractivity contribution in [3.05, 3.63) is 34.4 Å². The van der Waals surface area contributed by atoms with Crippen LogP contribution in [-0.2, 0) is 19.1 Å². The molecule has 1 aliphatic heterocycles. The smallest absolute Gasteiger partial charge is 0.313 e. The van der Waals surface area contributed by atoms with Gasteiger partial charge in [0.15, 0.2) is 0 Å². The second kappa shape index (κ2) is 8.22. The molecule has 0 radical (unpaired) electrons. The van der Waals surface area contributed by atoms with E-state index in [4.69, 9.17) is 4.74 Å². The van der Waals surface area contributed by atoms with Crippen LogP contribution in [0, 0.1) is 16.0 Å². The Bertz CT molecular complexity index is 690. The molecule has 1 saturated heterocycles. The minimum atomic E-state index is -0.898. The van der Waals surface area contributed by atoms with Crippen LogP contribution in [0.3, 0.4) is 0 Å². The Morgan fingerprint density at radius 3 is 2.84 bits per heavy atom. The van der Waals surface area contributed by atoms with Gasteiger partial charge in [-0.3, -0.25) is 24.5 Å². The van der Waals surface area contributed by atoms with Crippen molar-refractivity contribution >= 4 is 29.2 Å². The molecule has 9 nitrogen and oxygen atoms in total. The number of likely N-dealkylation sites (tertiary alicyclic amines) is 1. The Kier molecular flexibility index (Phi) is 6.04. The van der Waals surface area contributed by atoms with Gasteiger partial charge in [0.1, 0.15) is 0 Å². The number of ether oxygens (including phenoxy) is 1. The average molecular weight is 349 g/mol. The van der Waals surface area contributed by atoms with Gasteiger partial charge in [-0.2, -0.15) is 0 Å². The largest absolute Gasteiger partial charge is 0.466 e. The number of piperidine rings is 1. The Labute approximate surface area is 144 Å². The fourth-order valence-corrected chi connectivity index (χ4v) is 2.64. The van der Waals surface area contributed by atoms with E-state index < -0.39 is 22.7 Å². The fraction of sp³-hybridized carbons (Fsp3) is 0.438. The van der Waals surface area contributed by atoms with Crippen LogP contribution in [0.1, 0.15) is 19.8 Å². The number of carbonyl (C=O) groups is 3. The van der Waals surface area contributed by atoms with Gasteiger partial charge in [-0.1, -0.05) is 6.07 Å². The molecule has 1 heterocycles. The topological polar surface area (TPSA) is 119 Å². The molecule has 2 amide bonds. The molecule has 2 rings (SSSR count). The highest BCUT2D eigenvalue weighted by Crippen LogP contribution is 2.20. The van der Waals surface area contributed by atoms with E-state index in [1.807, 2.05) is 0 Å². The van der Waals surface area contributed by atoms with Crippen molar-refractivity contribution in [2.24, 2.45) is 5.92 Å². The van der Waals surface area contributed by atoms with Crippen molar-refractivity contribution < 1.29 is 24.0 Å². The van der Waals surface area contributed by atoms with Crippen LogP contribution in [0.4, 0.5) is 11.4 Å². The normalized spacial score (nSPS) is 16.8. The molecule has 1 fully saturated rings. The number of hydrogen-bond acceptors (Lipinski definition) is 6. The summed E-state index contributed by atoms with van der Waals surface area (Å²) in [5, 5.41) is 13.1. The van der Waals surface area contributed by atoms with Gasteiger partial charge in [-0.05, 0) is 25.8 Å². The predicted octanol–water partition coefficient (Wildman–Crippen LogP) is 1.33. The number of nitro groups is 1. The first-order chi connectivity index (χ1) is 11.9. The summed E-state index contributed by atoms with van der Waals surface area (Å²) in [6.45, 7) is 2.46. The van der Waals surface area contributed by atoms with E-state index in [1.165, 1.54) is 29.2 Å². The van der Waals surface area contributed by atoms with Crippen LogP contribution in [0.2, 0.25) is 0 Å². The molecule has 0 aromatic heterocycles. The summed E-state index contributed by atoms with van der Waals surface area (Å²) in [5.74, 6) is -2.49. The fourth-order valence-electron chi connectivity index (χ4n) is 2.64. The SMILES string of the molecule is CCOC(=O)C1CCCN(C(=O)C(=O)Nc2cccc([N+](=O)[O-])c2)C1. The van der Waals surface area contributed by atoms with Crippen molar-refractivity contribution in [3.8, 4) is 0 Å². The highest BCUT2D eigenvalue weighted by Gasteiger charge is 2.32. The lowest BCUT2D eigenvalue weighted by atomic mass is 9.98. The zero-order chi connectivity index (χ0) is 18.4. The summed E-state index contributed by atoms with van der Waals surface area (Å²) in [5.41, 5.74) is -0.0305. The number of amides is 2. The first-order valence-electron chi connectivity index (χ1n) is 7.93. The standard InChI is InChI=1S/C16H19N3O6/c1-2-25-16(22)11-5-4-8-18(10-11)15(21)14(20)17-12-6-3-7-13(9-12)19(23)24/h3,6-7,9,11H,2,4-5,8,10H2,1H3,(H,17,20). The van der Waals surface area contributed by atoms with Crippen LogP contribution >= 0.6 is 0 Å². The zero-order valence-electron chi connectivity index (χ0n) is 13.8. The lowest BCUT2D eigenvalue weighted by molar-refractivity contribution is -0.384. The van der Waals surface area contributed by atoms with Gasteiger partial charge >= 0.3 is 17.8 Å². The number of nitrogens with one attached hydrogen (secondary N) is 1. The van der Waals surface area contributed by atoms with Crippen molar-refractivity contribution in [2.75, 3.05) is 25.0 Å². The summed E-state index contributed by atoms with van der Waals surface area (Å²) in [7, 11) is 0. The number of non-ortho nitro benzene ring substituents is 1. The van der Waals surface area contributed by atoms with Gasteiger partial charge in [-0.25, -0.2) is 0 Å². The predicted molar refractivity (Wildman–Crippen MR) is 87.7 cm³/mol. The van der Waals surface area contributed by atoms with Gasteiger partial charge < -0.3 is 15.0 Å². The maximum Gasteiger partial charge on any atom is 0.313 e. The number of carbonyl (C=O) groups excluding carboxylic acids is 3. The van der Waals surface area contributed by atoms with E-state index in [2.05, 4.69) is 5.32 Å². The van der Waals surface area contributed by atoms with Gasteiger partial charge in [0.2, 0.25) is 0 Å². The molecular formula is C16H19N3O6. The van der Waals surface area contributed by atoms with Crippen molar-refractivity contribution in [3.63, 3.8) is 0 Å². The van der Waals surface area contributed by atoms with Crippen molar-refractivity contribution in [2.45, 2.75) is 19.8 Å². The van der Waals surface area contributed by atoms with E-state index in [9.17, 15) is 24.5 Å². The molecule has 0 saturated carbocycles. The third-order valence-corrected chi connectivity index (χ3v) is 3.84. The quantitative estimate of drug-likeness (QED) is 0.379. The van der Waals surface area contributed by atoms with Gasteiger partial charge in [0, 0.05) is 30.9 Å². The summed E-state index contributed by atoms with van der Waals surface area (Å²) >= 11 is 0. The number of benzene rings is 1. The molecule has 1 N–H and O–H groups in total.